The lowest BCUT2D eigenvalue weighted by molar-refractivity contribution is 0.548. The normalized spacial score (nSPS) is 13.3. The summed E-state index contributed by atoms with van der Waals surface area (Å²) in [6.45, 7) is 7.73. The van der Waals surface area contributed by atoms with E-state index in [2.05, 4.69) is 43.4 Å². The van der Waals surface area contributed by atoms with Crippen LogP contribution < -0.4 is 5.32 Å². The number of benzene rings is 1. The standard InChI is InChI=1S/C16H27NO2S/c1-4-17-13-16(7-6-12-20(18,19)5-2)15-10-8-14(3)9-11-15/h8-11,16-17H,4-7,12-13H2,1-3H3. The van der Waals surface area contributed by atoms with Gasteiger partial charge in [0.15, 0.2) is 0 Å². The van der Waals surface area contributed by atoms with E-state index in [0.717, 1.165) is 25.9 Å². The molecular weight excluding hydrogens is 270 g/mol. The van der Waals surface area contributed by atoms with Crippen molar-refractivity contribution in [3.8, 4) is 0 Å². The van der Waals surface area contributed by atoms with Crippen molar-refractivity contribution in [1.82, 2.24) is 5.32 Å². The molecule has 1 atom stereocenters. The van der Waals surface area contributed by atoms with Gasteiger partial charge in [0.05, 0.1) is 5.75 Å². The number of rotatable bonds is 9. The molecule has 0 aliphatic rings. The van der Waals surface area contributed by atoms with E-state index in [9.17, 15) is 8.42 Å². The van der Waals surface area contributed by atoms with Crippen LogP contribution in [0.5, 0.6) is 0 Å². The highest BCUT2D eigenvalue weighted by atomic mass is 32.2. The van der Waals surface area contributed by atoms with Crippen LogP contribution in [0.15, 0.2) is 24.3 Å². The van der Waals surface area contributed by atoms with Crippen molar-refractivity contribution >= 4 is 9.84 Å². The Labute approximate surface area is 123 Å². The lowest BCUT2D eigenvalue weighted by atomic mass is 9.94. The van der Waals surface area contributed by atoms with Gasteiger partial charge in [0, 0.05) is 12.3 Å². The second kappa shape index (κ2) is 8.42. The zero-order valence-corrected chi connectivity index (χ0v) is 13.7. The number of sulfone groups is 1. The molecular formula is C16H27NO2S. The zero-order chi connectivity index (χ0) is 15.0. The molecule has 4 heteroatoms. The Bertz CT molecular complexity index is 480. The summed E-state index contributed by atoms with van der Waals surface area (Å²) in [5.74, 6) is 0.940. The first-order valence-corrected chi connectivity index (χ1v) is 9.28. The first kappa shape index (κ1) is 17.2. The maximum Gasteiger partial charge on any atom is 0.150 e. The van der Waals surface area contributed by atoms with Crippen LogP contribution in [0.4, 0.5) is 0 Å². The molecule has 0 aliphatic heterocycles. The molecule has 3 nitrogen and oxygen atoms in total. The third kappa shape index (κ3) is 6.06. The molecule has 0 bridgehead atoms. The van der Waals surface area contributed by atoms with Gasteiger partial charge in [0.2, 0.25) is 0 Å². The summed E-state index contributed by atoms with van der Waals surface area (Å²) >= 11 is 0. The Morgan fingerprint density at radius 1 is 1.15 bits per heavy atom. The average molecular weight is 297 g/mol. The van der Waals surface area contributed by atoms with Gasteiger partial charge in [-0.2, -0.15) is 0 Å². The molecule has 0 aliphatic carbocycles. The molecule has 1 unspecified atom stereocenters. The van der Waals surface area contributed by atoms with E-state index in [1.165, 1.54) is 11.1 Å². The number of hydrogen-bond acceptors (Lipinski definition) is 3. The lowest BCUT2D eigenvalue weighted by Gasteiger charge is -2.18. The summed E-state index contributed by atoms with van der Waals surface area (Å²) in [5, 5.41) is 3.37. The quantitative estimate of drug-likeness (QED) is 0.762. The summed E-state index contributed by atoms with van der Waals surface area (Å²) in [4.78, 5) is 0. The highest BCUT2D eigenvalue weighted by Crippen LogP contribution is 2.21. The van der Waals surface area contributed by atoms with E-state index in [-0.39, 0.29) is 5.75 Å². The van der Waals surface area contributed by atoms with E-state index in [4.69, 9.17) is 0 Å². The Morgan fingerprint density at radius 2 is 1.80 bits per heavy atom. The van der Waals surface area contributed by atoms with Crippen molar-refractivity contribution in [3.63, 3.8) is 0 Å². The van der Waals surface area contributed by atoms with Gasteiger partial charge in [-0.3, -0.25) is 0 Å². The average Bonchev–Trinajstić information content (AvgIpc) is 2.43. The Balaban J connectivity index is 2.62. The van der Waals surface area contributed by atoms with Gasteiger partial charge >= 0.3 is 0 Å². The van der Waals surface area contributed by atoms with Gasteiger partial charge in [-0.15, -0.1) is 0 Å². The van der Waals surface area contributed by atoms with Crippen LogP contribution in [-0.4, -0.2) is 33.0 Å². The van der Waals surface area contributed by atoms with Gasteiger partial charge in [-0.1, -0.05) is 43.7 Å². The van der Waals surface area contributed by atoms with Crippen LogP contribution in [-0.2, 0) is 9.84 Å². The van der Waals surface area contributed by atoms with Crippen LogP contribution in [0.2, 0.25) is 0 Å². The van der Waals surface area contributed by atoms with Crippen molar-refractivity contribution < 1.29 is 8.42 Å². The predicted octanol–water partition coefficient (Wildman–Crippen LogP) is 2.90. The molecule has 0 fully saturated rings. The maximum absolute atomic E-state index is 11.6. The molecule has 114 valence electrons. The minimum atomic E-state index is -2.84. The third-order valence-electron chi connectivity index (χ3n) is 3.64. The predicted molar refractivity (Wildman–Crippen MR) is 86.0 cm³/mol. The minimum Gasteiger partial charge on any atom is -0.316 e. The number of aryl methyl sites for hydroxylation is 1. The molecule has 1 rings (SSSR count). The van der Waals surface area contributed by atoms with E-state index in [1.807, 2.05) is 0 Å². The second-order valence-corrected chi connectivity index (χ2v) is 7.77. The second-order valence-electron chi connectivity index (χ2n) is 5.29. The molecule has 0 amide bonds. The minimum absolute atomic E-state index is 0.245. The topological polar surface area (TPSA) is 46.2 Å². The Hall–Kier alpha value is -0.870. The molecule has 1 N–H and O–H groups in total. The van der Waals surface area contributed by atoms with E-state index in [0.29, 0.717) is 11.7 Å². The van der Waals surface area contributed by atoms with E-state index < -0.39 is 9.84 Å². The fourth-order valence-corrected chi connectivity index (χ4v) is 3.13. The fraction of sp³-hybridized carbons (Fsp3) is 0.625. The molecule has 1 aromatic carbocycles. The highest BCUT2D eigenvalue weighted by molar-refractivity contribution is 7.91. The summed E-state index contributed by atoms with van der Waals surface area (Å²) in [7, 11) is -2.84. The van der Waals surface area contributed by atoms with Crippen LogP contribution in [0.25, 0.3) is 0 Å². The Kier molecular flexibility index (Phi) is 7.24. The van der Waals surface area contributed by atoms with Gasteiger partial charge in [0.1, 0.15) is 9.84 Å². The van der Waals surface area contributed by atoms with Crippen molar-refractivity contribution in [2.24, 2.45) is 0 Å². The van der Waals surface area contributed by atoms with Crippen LogP contribution >= 0.6 is 0 Å². The number of hydrogen-bond donors (Lipinski definition) is 1. The molecule has 0 saturated carbocycles. The van der Waals surface area contributed by atoms with Gasteiger partial charge in [-0.25, -0.2) is 8.42 Å². The first-order valence-electron chi connectivity index (χ1n) is 7.46. The van der Waals surface area contributed by atoms with E-state index in [1.54, 1.807) is 6.92 Å². The van der Waals surface area contributed by atoms with E-state index >= 15 is 0 Å². The summed E-state index contributed by atoms with van der Waals surface area (Å²) in [5.41, 5.74) is 2.55. The van der Waals surface area contributed by atoms with Crippen molar-refractivity contribution in [1.29, 1.82) is 0 Å². The molecule has 0 spiro atoms. The van der Waals surface area contributed by atoms with Crippen LogP contribution in [0, 0.1) is 6.92 Å². The van der Waals surface area contributed by atoms with Crippen LogP contribution in [0.1, 0.15) is 43.7 Å². The largest absolute Gasteiger partial charge is 0.316 e. The number of likely N-dealkylation sites (N-methyl/N-ethyl adjacent to an activating group) is 1. The summed E-state index contributed by atoms with van der Waals surface area (Å²) in [6, 6.07) is 8.56. The smallest absolute Gasteiger partial charge is 0.150 e. The summed E-state index contributed by atoms with van der Waals surface area (Å²) < 4.78 is 23.1. The Morgan fingerprint density at radius 3 is 2.35 bits per heavy atom. The monoisotopic (exact) mass is 297 g/mol. The molecule has 1 aromatic rings. The molecule has 0 aromatic heterocycles. The maximum atomic E-state index is 11.6. The SMILES string of the molecule is CCNCC(CCCS(=O)(=O)CC)c1ccc(C)cc1. The number of nitrogens with one attached hydrogen (secondary N) is 1. The highest BCUT2D eigenvalue weighted by Gasteiger charge is 2.13. The third-order valence-corrected chi connectivity index (χ3v) is 5.43. The first-order chi connectivity index (χ1) is 9.48. The molecule has 0 heterocycles. The molecule has 0 radical (unpaired) electrons. The van der Waals surface area contributed by atoms with Crippen molar-refractivity contribution in [2.75, 3.05) is 24.6 Å². The molecule has 0 saturated heterocycles. The molecule has 20 heavy (non-hydrogen) atoms. The van der Waals surface area contributed by atoms with Gasteiger partial charge < -0.3 is 5.32 Å². The van der Waals surface area contributed by atoms with Gasteiger partial charge in [-0.05, 0) is 37.8 Å². The van der Waals surface area contributed by atoms with Crippen molar-refractivity contribution in [3.05, 3.63) is 35.4 Å². The van der Waals surface area contributed by atoms with Crippen LogP contribution in [0.3, 0.4) is 0 Å². The summed E-state index contributed by atoms with van der Waals surface area (Å²) in [6.07, 6.45) is 1.65. The zero-order valence-electron chi connectivity index (χ0n) is 12.9. The lowest BCUT2D eigenvalue weighted by Crippen LogP contribution is -2.22. The fourth-order valence-electron chi connectivity index (χ4n) is 2.24. The van der Waals surface area contributed by atoms with Crippen molar-refractivity contribution in [2.45, 2.75) is 39.5 Å². The van der Waals surface area contributed by atoms with Gasteiger partial charge in [0.25, 0.3) is 0 Å².